The molecule has 2 aliphatic rings. The van der Waals surface area contributed by atoms with Gasteiger partial charge in [-0.2, -0.15) is 5.10 Å². The topological polar surface area (TPSA) is 82.3 Å². The minimum atomic E-state index is 0. The van der Waals surface area contributed by atoms with Gasteiger partial charge in [-0.25, -0.2) is 4.98 Å². The predicted octanol–water partition coefficient (Wildman–Crippen LogP) is 4.24. The molecule has 3 heterocycles. The van der Waals surface area contributed by atoms with E-state index < -0.39 is 0 Å². The first kappa shape index (κ1) is 22.1. The number of likely N-dealkylation sites (tertiary alicyclic amines) is 1. The molecule has 8 heteroatoms. The quantitative estimate of drug-likeness (QED) is 0.364. The van der Waals surface area contributed by atoms with E-state index in [-0.39, 0.29) is 24.0 Å². The summed E-state index contributed by atoms with van der Waals surface area (Å²) >= 11 is 0. The Labute approximate surface area is 190 Å². The number of H-pyrrole nitrogens is 1. The van der Waals surface area contributed by atoms with Crippen LogP contribution in [-0.4, -0.2) is 52.7 Å². The Morgan fingerprint density at radius 1 is 1.24 bits per heavy atom. The number of furan rings is 1. The molecular formula is C21H33IN6O. The highest BCUT2D eigenvalue weighted by Gasteiger charge is 2.36. The van der Waals surface area contributed by atoms with E-state index >= 15 is 0 Å². The van der Waals surface area contributed by atoms with Gasteiger partial charge in [-0.1, -0.05) is 25.7 Å². The molecule has 2 N–H and O–H groups in total. The second-order valence-electron chi connectivity index (χ2n) is 8.25. The summed E-state index contributed by atoms with van der Waals surface area (Å²) in [5.74, 6) is 3.17. The molecule has 7 nitrogen and oxygen atoms in total. The van der Waals surface area contributed by atoms with E-state index in [2.05, 4.69) is 30.4 Å². The molecule has 160 valence electrons. The van der Waals surface area contributed by atoms with Crippen LogP contribution in [-0.2, 0) is 6.42 Å². The van der Waals surface area contributed by atoms with Crippen LogP contribution in [0, 0.1) is 5.41 Å². The van der Waals surface area contributed by atoms with Crippen molar-refractivity contribution in [1.82, 2.24) is 25.4 Å². The van der Waals surface area contributed by atoms with Gasteiger partial charge in [0.15, 0.2) is 11.7 Å². The van der Waals surface area contributed by atoms with Crippen LogP contribution < -0.4 is 5.32 Å². The van der Waals surface area contributed by atoms with Gasteiger partial charge in [0.1, 0.15) is 5.82 Å². The van der Waals surface area contributed by atoms with Crippen molar-refractivity contribution in [2.24, 2.45) is 10.4 Å². The highest BCUT2D eigenvalue weighted by atomic mass is 127. The molecule has 0 amide bonds. The van der Waals surface area contributed by atoms with Crippen LogP contribution in [0.3, 0.4) is 0 Å². The summed E-state index contributed by atoms with van der Waals surface area (Å²) in [6.07, 6.45) is 13.4. The number of aromatic amines is 1. The number of piperidine rings is 1. The fourth-order valence-electron chi connectivity index (χ4n) is 4.82. The lowest BCUT2D eigenvalue weighted by atomic mass is 9.74. The minimum Gasteiger partial charge on any atom is -0.461 e. The molecule has 1 aliphatic carbocycles. The second kappa shape index (κ2) is 10.4. The van der Waals surface area contributed by atoms with Crippen LogP contribution in [0.25, 0.3) is 11.6 Å². The van der Waals surface area contributed by atoms with Crippen molar-refractivity contribution in [3.63, 3.8) is 0 Å². The van der Waals surface area contributed by atoms with Gasteiger partial charge in [-0.15, -0.1) is 24.0 Å². The van der Waals surface area contributed by atoms with Gasteiger partial charge in [0.25, 0.3) is 0 Å². The summed E-state index contributed by atoms with van der Waals surface area (Å²) < 4.78 is 5.35. The van der Waals surface area contributed by atoms with E-state index in [0.29, 0.717) is 17.0 Å². The molecule has 4 rings (SSSR count). The number of halogens is 1. The molecule has 2 aromatic heterocycles. The predicted molar refractivity (Wildman–Crippen MR) is 126 cm³/mol. The molecular weight excluding hydrogens is 479 g/mol. The number of guanidine groups is 1. The summed E-state index contributed by atoms with van der Waals surface area (Å²) in [6, 6.07) is 3.71. The SMILES string of the molecule is CN=C(NCCc1nc(-c2ccco2)n[nH]1)N1CCCC2(CCCCCC2)C1.I. The third kappa shape index (κ3) is 5.52. The van der Waals surface area contributed by atoms with E-state index in [1.54, 1.807) is 6.26 Å². The zero-order valence-corrected chi connectivity index (χ0v) is 19.7. The van der Waals surface area contributed by atoms with Gasteiger partial charge in [0, 0.05) is 33.1 Å². The van der Waals surface area contributed by atoms with Crippen molar-refractivity contribution in [1.29, 1.82) is 0 Å². The molecule has 0 radical (unpaired) electrons. The third-order valence-corrected chi connectivity index (χ3v) is 6.26. The summed E-state index contributed by atoms with van der Waals surface area (Å²) in [4.78, 5) is 11.5. The van der Waals surface area contributed by atoms with Crippen LogP contribution >= 0.6 is 24.0 Å². The molecule has 1 saturated carbocycles. The van der Waals surface area contributed by atoms with Gasteiger partial charge in [-0.05, 0) is 43.2 Å². The highest BCUT2D eigenvalue weighted by molar-refractivity contribution is 14.0. The van der Waals surface area contributed by atoms with E-state index in [4.69, 9.17) is 4.42 Å². The Hall–Kier alpha value is -1.58. The normalized spacial score (nSPS) is 19.6. The van der Waals surface area contributed by atoms with Gasteiger partial charge >= 0.3 is 0 Å². The molecule has 2 fully saturated rings. The minimum absolute atomic E-state index is 0. The number of rotatable bonds is 4. The van der Waals surface area contributed by atoms with E-state index in [1.807, 2.05) is 19.2 Å². The summed E-state index contributed by atoms with van der Waals surface area (Å²) in [5.41, 5.74) is 0.509. The zero-order valence-electron chi connectivity index (χ0n) is 17.3. The van der Waals surface area contributed by atoms with Gasteiger partial charge in [0.2, 0.25) is 5.82 Å². The lowest BCUT2D eigenvalue weighted by Crippen LogP contribution is -2.50. The number of hydrogen-bond acceptors (Lipinski definition) is 4. The lowest BCUT2D eigenvalue weighted by molar-refractivity contribution is 0.115. The Morgan fingerprint density at radius 2 is 2.03 bits per heavy atom. The molecule has 1 aliphatic heterocycles. The van der Waals surface area contributed by atoms with Crippen LogP contribution in [0.1, 0.15) is 57.2 Å². The largest absolute Gasteiger partial charge is 0.461 e. The molecule has 2 aromatic rings. The van der Waals surface area contributed by atoms with Crippen LogP contribution in [0.5, 0.6) is 0 Å². The molecule has 0 bridgehead atoms. The molecule has 0 unspecified atom stereocenters. The van der Waals surface area contributed by atoms with E-state index in [1.165, 1.54) is 51.4 Å². The highest BCUT2D eigenvalue weighted by Crippen LogP contribution is 2.42. The number of hydrogen-bond donors (Lipinski definition) is 2. The first-order valence-electron chi connectivity index (χ1n) is 10.7. The third-order valence-electron chi connectivity index (χ3n) is 6.26. The molecule has 1 spiro atoms. The fourth-order valence-corrected chi connectivity index (χ4v) is 4.82. The smallest absolute Gasteiger partial charge is 0.216 e. The van der Waals surface area contributed by atoms with Crippen LogP contribution in [0.4, 0.5) is 0 Å². The van der Waals surface area contributed by atoms with Crippen molar-refractivity contribution in [2.75, 3.05) is 26.7 Å². The first-order chi connectivity index (χ1) is 13.8. The summed E-state index contributed by atoms with van der Waals surface area (Å²) in [5, 5.41) is 10.8. The lowest BCUT2D eigenvalue weighted by Gasteiger charge is -2.44. The van der Waals surface area contributed by atoms with E-state index in [0.717, 1.165) is 37.8 Å². The first-order valence-corrected chi connectivity index (χ1v) is 10.7. The standard InChI is InChI=1S/C21H32N6O.HI/c1-22-20(27-14-7-12-21(16-27)10-4-2-3-5-11-21)23-13-9-18-24-19(26-25-18)17-8-6-15-28-17;/h6,8,15H,2-5,7,9-14,16H2,1H3,(H,22,23)(H,24,25,26);1H. The molecule has 0 atom stereocenters. The second-order valence-corrected chi connectivity index (χ2v) is 8.25. The van der Waals surface area contributed by atoms with Crippen molar-refractivity contribution in [3.05, 3.63) is 24.2 Å². The van der Waals surface area contributed by atoms with Crippen molar-refractivity contribution < 1.29 is 4.42 Å². The zero-order chi connectivity index (χ0) is 19.2. The summed E-state index contributed by atoms with van der Waals surface area (Å²) in [7, 11) is 1.89. The number of nitrogens with zero attached hydrogens (tertiary/aromatic N) is 4. The van der Waals surface area contributed by atoms with Crippen molar-refractivity contribution in [2.45, 2.75) is 57.8 Å². The van der Waals surface area contributed by atoms with Crippen molar-refractivity contribution in [3.8, 4) is 11.6 Å². The maximum absolute atomic E-state index is 5.35. The molecule has 29 heavy (non-hydrogen) atoms. The average Bonchev–Trinajstić information content (AvgIpc) is 3.36. The summed E-state index contributed by atoms with van der Waals surface area (Å²) in [6.45, 7) is 3.03. The Bertz CT molecular complexity index is 764. The van der Waals surface area contributed by atoms with Crippen LogP contribution in [0.2, 0.25) is 0 Å². The molecule has 0 aromatic carbocycles. The Kier molecular flexibility index (Phi) is 7.97. The van der Waals surface area contributed by atoms with Crippen molar-refractivity contribution >= 4 is 29.9 Å². The Balaban J connectivity index is 0.00000240. The van der Waals surface area contributed by atoms with Gasteiger partial charge < -0.3 is 14.6 Å². The van der Waals surface area contributed by atoms with Crippen LogP contribution in [0.15, 0.2) is 27.8 Å². The van der Waals surface area contributed by atoms with Gasteiger partial charge in [0.05, 0.1) is 6.26 Å². The Morgan fingerprint density at radius 3 is 2.76 bits per heavy atom. The fraction of sp³-hybridized carbons (Fsp3) is 0.667. The number of aliphatic imine (C=N–C) groups is 1. The van der Waals surface area contributed by atoms with Gasteiger partial charge in [-0.3, -0.25) is 10.1 Å². The van der Waals surface area contributed by atoms with E-state index in [9.17, 15) is 0 Å². The number of aromatic nitrogens is 3. The monoisotopic (exact) mass is 512 g/mol. The number of nitrogens with one attached hydrogen (secondary N) is 2. The maximum atomic E-state index is 5.35. The molecule has 1 saturated heterocycles. The average molecular weight is 512 g/mol. The maximum Gasteiger partial charge on any atom is 0.216 e.